The Hall–Kier alpha value is -0.380. The predicted octanol–water partition coefficient (Wildman–Crippen LogP) is 5.14. The van der Waals surface area contributed by atoms with Crippen molar-refractivity contribution >= 4 is 17.4 Å². The lowest BCUT2D eigenvalue weighted by Crippen LogP contribution is -2.58. The van der Waals surface area contributed by atoms with Crippen molar-refractivity contribution in [3.63, 3.8) is 0 Å². The molecule has 4 rings (SSSR count). The van der Waals surface area contributed by atoms with Gasteiger partial charge in [0.25, 0.3) is 0 Å². The second kappa shape index (κ2) is 7.71. The summed E-state index contributed by atoms with van der Waals surface area (Å²) < 4.78 is 6.34. The van der Waals surface area contributed by atoms with Crippen LogP contribution in [-0.4, -0.2) is 35.6 Å². The number of rotatable bonds is 5. The molecule has 4 aliphatic rings. The molecule has 0 bridgehead atoms. The highest BCUT2D eigenvalue weighted by Crippen LogP contribution is 2.66. The van der Waals surface area contributed by atoms with E-state index in [0.717, 1.165) is 51.6 Å². The Morgan fingerprint density at radius 2 is 2.04 bits per heavy atom. The number of allylic oxidation sites excluding steroid dienone is 1. The van der Waals surface area contributed by atoms with Crippen LogP contribution in [0.3, 0.4) is 0 Å². The summed E-state index contributed by atoms with van der Waals surface area (Å²) in [5, 5.41) is 11.4. The minimum absolute atomic E-state index is 0.0850. The standard InChI is InChI=1S/C24H37ClO3/c1-4-5-10-28-21-9-8-18-17-7-6-16-11-19(26)15(14-25)12-23(16,2)22(17)20(27)13-24(18,21)3/h11,15,17-18,20-22,27H,4-10,12-14H2,1-3H3/t15?,17-,18-,20-,21+,22+,23-,24-/m0/s1. The van der Waals surface area contributed by atoms with E-state index in [2.05, 4.69) is 20.8 Å². The maximum Gasteiger partial charge on any atom is 0.159 e. The molecule has 0 aromatic heterocycles. The van der Waals surface area contributed by atoms with Gasteiger partial charge in [0.1, 0.15) is 0 Å². The van der Waals surface area contributed by atoms with Crippen LogP contribution in [0.4, 0.5) is 0 Å². The molecule has 4 heteroatoms. The Morgan fingerprint density at radius 1 is 1.25 bits per heavy atom. The quantitative estimate of drug-likeness (QED) is 0.506. The van der Waals surface area contributed by atoms with Gasteiger partial charge in [-0.15, -0.1) is 11.6 Å². The van der Waals surface area contributed by atoms with Crippen LogP contribution >= 0.6 is 11.6 Å². The fraction of sp³-hybridized carbons (Fsp3) is 0.875. The number of unbranched alkanes of at least 4 members (excludes halogenated alkanes) is 1. The number of carbonyl (C=O) groups excluding carboxylic acids is 1. The number of aliphatic hydroxyl groups is 1. The highest BCUT2D eigenvalue weighted by molar-refractivity contribution is 6.20. The van der Waals surface area contributed by atoms with E-state index in [1.807, 2.05) is 6.08 Å². The highest BCUT2D eigenvalue weighted by Gasteiger charge is 2.62. The molecule has 4 aliphatic carbocycles. The molecule has 1 N–H and O–H groups in total. The molecule has 0 aromatic rings. The number of halogens is 1. The third-order valence-corrected chi connectivity index (χ3v) is 9.35. The molecule has 0 heterocycles. The van der Waals surface area contributed by atoms with E-state index < -0.39 is 0 Å². The normalized spacial score (nSPS) is 47.9. The van der Waals surface area contributed by atoms with E-state index in [1.165, 1.54) is 12.0 Å². The number of ether oxygens (including phenoxy) is 1. The smallest absolute Gasteiger partial charge is 0.159 e. The summed E-state index contributed by atoms with van der Waals surface area (Å²) in [4.78, 5) is 12.4. The van der Waals surface area contributed by atoms with Crippen LogP contribution in [0, 0.1) is 34.5 Å². The fourth-order valence-corrected chi connectivity index (χ4v) is 7.87. The average molecular weight is 409 g/mol. The van der Waals surface area contributed by atoms with Crippen LogP contribution in [0.5, 0.6) is 0 Å². The predicted molar refractivity (Wildman–Crippen MR) is 112 cm³/mol. The zero-order valence-electron chi connectivity index (χ0n) is 17.8. The van der Waals surface area contributed by atoms with Crippen molar-refractivity contribution in [1.82, 2.24) is 0 Å². The molecule has 0 saturated heterocycles. The third kappa shape index (κ3) is 3.11. The molecule has 0 aliphatic heterocycles. The first-order valence-electron chi connectivity index (χ1n) is 11.5. The second-order valence-electron chi connectivity index (χ2n) is 10.4. The lowest BCUT2D eigenvalue weighted by molar-refractivity contribution is -0.153. The minimum Gasteiger partial charge on any atom is -0.393 e. The Bertz CT molecular complexity index is 646. The molecule has 3 saturated carbocycles. The Balaban J connectivity index is 1.61. The number of carbonyl (C=O) groups is 1. The number of ketones is 1. The van der Waals surface area contributed by atoms with Crippen molar-refractivity contribution in [2.24, 2.45) is 34.5 Å². The first-order valence-corrected chi connectivity index (χ1v) is 12.0. The minimum atomic E-state index is -0.320. The zero-order chi connectivity index (χ0) is 20.1. The van der Waals surface area contributed by atoms with Gasteiger partial charge in [-0.05, 0) is 79.6 Å². The summed E-state index contributed by atoms with van der Waals surface area (Å²) in [6, 6.07) is 0. The summed E-state index contributed by atoms with van der Waals surface area (Å²) in [6.07, 6.45) is 10.2. The van der Waals surface area contributed by atoms with E-state index in [4.69, 9.17) is 16.3 Å². The molecule has 28 heavy (non-hydrogen) atoms. The van der Waals surface area contributed by atoms with E-state index >= 15 is 0 Å². The Kier molecular flexibility index (Phi) is 5.74. The van der Waals surface area contributed by atoms with Gasteiger partial charge in [0.05, 0.1) is 12.2 Å². The molecule has 3 nitrogen and oxygen atoms in total. The average Bonchev–Trinajstić information content (AvgIpc) is 2.97. The fourth-order valence-electron chi connectivity index (χ4n) is 7.61. The monoisotopic (exact) mass is 408 g/mol. The van der Waals surface area contributed by atoms with Crippen molar-refractivity contribution in [2.75, 3.05) is 12.5 Å². The van der Waals surface area contributed by atoms with E-state index in [0.29, 0.717) is 17.7 Å². The van der Waals surface area contributed by atoms with E-state index in [9.17, 15) is 9.90 Å². The molecule has 8 atom stereocenters. The summed E-state index contributed by atoms with van der Waals surface area (Å²) in [5.41, 5.74) is 1.28. The number of hydrogen-bond donors (Lipinski definition) is 1. The van der Waals surface area contributed by atoms with Crippen LogP contribution in [0.25, 0.3) is 0 Å². The highest BCUT2D eigenvalue weighted by atomic mass is 35.5. The molecule has 0 amide bonds. The molecule has 3 fully saturated rings. The molecule has 158 valence electrons. The second-order valence-corrected chi connectivity index (χ2v) is 10.8. The maximum atomic E-state index is 12.4. The number of alkyl halides is 1. The Morgan fingerprint density at radius 3 is 2.75 bits per heavy atom. The molecule has 0 aromatic carbocycles. The number of hydrogen-bond acceptors (Lipinski definition) is 3. The van der Waals surface area contributed by atoms with Crippen LogP contribution in [0.15, 0.2) is 11.6 Å². The van der Waals surface area contributed by atoms with Crippen molar-refractivity contribution in [1.29, 1.82) is 0 Å². The van der Waals surface area contributed by atoms with Gasteiger partial charge in [-0.1, -0.05) is 32.8 Å². The lowest BCUT2D eigenvalue weighted by Gasteiger charge is -2.60. The van der Waals surface area contributed by atoms with Crippen LogP contribution in [0.2, 0.25) is 0 Å². The van der Waals surface area contributed by atoms with Crippen molar-refractivity contribution < 1.29 is 14.6 Å². The molecular weight excluding hydrogens is 372 g/mol. The maximum absolute atomic E-state index is 12.4. The van der Waals surface area contributed by atoms with Gasteiger partial charge >= 0.3 is 0 Å². The van der Waals surface area contributed by atoms with Gasteiger partial charge in [-0.25, -0.2) is 0 Å². The summed E-state index contributed by atoms with van der Waals surface area (Å²) in [6.45, 7) is 7.73. The van der Waals surface area contributed by atoms with Gasteiger partial charge in [0, 0.05) is 18.4 Å². The van der Waals surface area contributed by atoms with Crippen LogP contribution in [0.1, 0.15) is 72.1 Å². The largest absolute Gasteiger partial charge is 0.393 e. The van der Waals surface area contributed by atoms with Crippen LogP contribution < -0.4 is 0 Å². The van der Waals surface area contributed by atoms with Gasteiger partial charge < -0.3 is 9.84 Å². The third-order valence-electron chi connectivity index (χ3n) is 8.97. The van der Waals surface area contributed by atoms with Gasteiger partial charge in [-0.3, -0.25) is 4.79 Å². The first kappa shape index (κ1) is 20.9. The van der Waals surface area contributed by atoms with E-state index in [1.54, 1.807) is 0 Å². The first-order chi connectivity index (χ1) is 13.3. The zero-order valence-corrected chi connectivity index (χ0v) is 18.5. The van der Waals surface area contributed by atoms with Crippen molar-refractivity contribution in [2.45, 2.75) is 84.3 Å². The molecule has 0 radical (unpaired) electrons. The summed E-state index contributed by atoms with van der Waals surface area (Å²) in [7, 11) is 0. The van der Waals surface area contributed by atoms with Crippen molar-refractivity contribution in [3.8, 4) is 0 Å². The van der Waals surface area contributed by atoms with Gasteiger partial charge in [0.2, 0.25) is 0 Å². The van der Waals surface area contributed by atoms with E-state index in [-0.39, 0.29) is 40.7 Å². The molecular formula is C24H37ClO3. The molecule has 0 spiro atoms. The molecule has 1 unspecified atom stereocenters. The van der Waals surface area contributed by atoms with Gasteiger partial charge in [0.15, 0.2) is 5.78 Å². The Labute approximate surface area is 175 Å². The van der Waals surface area contributed by atoms with Gasteiger partial charge in [-0.2, -0.15) is 0 Å². The number of fused-ring (bicyclic) bond motifs is 5. The SMILES string of the molecule is CCCCO[C@@H]1CC[C@H]2[C@@H]3CCC4=CC(=O)C(CCl)C[C@]4(C)[C@H]3[C@@H](O)C[C@]12C. The van der Waals surface area contributed by atoms with Crippen molar-refractivity contribution in [3.05, 3.63) is 11.6 Å². The van der Waals surface area contributed by atoms with Crippen LogP contribution in [-0.2, 0) is 9.53 Å². The number of aliphatic hydroxyl groups excluding tert-OH is 1. The summed E-state index contributed by atoms with van der Waals surface area (Å²) >= 11 is 6.14. The topological polar surface area (TPSA) is 46.5 Å². The summed E-state index contributed by atoms with van der Waals surface area (Å²) in [5.74, 6) is 1.89. The lowest BCUT2D eigenvalue weighted by atomic mass is 9.46.